The number of aromatic nitrogens is 2. The van der Waals surface area contributed by atoms with E-state index in [1.54, 1.807) is 29.3 Å². The van der Waals surface area contributed by atoms with Gasteiger partial charge in [0.05, 0.1) is 5.69 Å². The minimum absolute atomic E-state index is 0.00201. The van der Waals surface area contributed by atoms with Crippen LogP contribution in [0.2, 0.25) is 0 Å². The summed E-state index contributed by atoms with van der Waals surface area (Å²) in [5.41, 5.74) is 16.9. The lowest BCUT2D eigenvalue weighted by molar-refractivity contribution is -0.143. The van der Waals surface area contributed by atoms with E-state index < -0.39 is 65.7 Å². The number of rotatable bonds is 24. The maximum Gasteiger partial charge on any atom is 0.323 e. The third-order valence-corrected chi connectivity index (χ3v) is 13.5. The number of aliphatic carboxylic acids is 1. The fraction of sp³-hybridized carbons (Fsp3) is 0.463. The zero-order chi connectivity index (χ0) is 52.4. The number of unbranched alkanes of at least 4 members (excludes halogenated alkanes) is 6. The standard InChI is InChI=1S/C54H70N10O9/c1-35(2)38-16-14-36(15-17-38)30-59-51(70)45(20-22-47(56)65)61-52(71)46-21-19-43-24-26-62(33-44(55)53(72)64(43)46)54(73)58-25-9-7-5-3-4-6-8-11-37-27-41(31-57-29-37)39-12-10-13-40(28-39)50(69)60-42-18-23-48(66)63(32-42)34-49(67)68/h10,12-18,23,27-29,31-32,35,43-46H,3-9,11,19-22,24-26,30,33-34,55H2,1-2H3,(H2,56,65)(H,58,73)(H,59,70)(H,60,69)(H,61,71)(H,67,68)/t43-,44+,45?,46+/m1/s1. The highest BCUT2D eigenvalue weighted by atomic mass is 16.4. The quantitative estimate of drug-likeness (QED) is 0.0468. The summed E-state index contributed by atoms with van der Waals surface area (Å²) in [5.74, 6) is -3.20. The zero-order valence-electron chi connectivity index (χ0n) is 41.9. The smallest absolute Gasteiger partial charge is 0.323 e. The Morgan fingerprint density at radius 3 is 2.29 bits per heavy atom. The molecule has 0 radical (unpaired) electrons. The molecule has 2 aromatic heterocycles. The van der Waals surface area contributed by atoms with E-state index in [2.05, 4.69) is 46.2 Å². The van der Waals surface area contributed by atoms with Crippen LogP contribution in [0.5, 0.6) is 0 Å². The highest BCUT2D eigenvalue weighted by Gasteiger charge is 2.45. The van der Waals surface area contributed by atoms with Gasteiger partial charge in [-0.3, -0.25) is 38.5 Å². The molecule has 7 amide bonds. The van der Waals surface area contributed by atoms with Crippen LogP contribution in [-0.4, -0.2) is 110 Å². The Hall–Kier alpha value is -7.41. The Labute approximate surface area is 425 Å². The van der Waals surface area contributed by atoms with Crippen LogP contribution in [0.25, 0.3) is 11.1 Å². The van der Waals surface area contributed by atoms with Crippen molar-refractivity contribution in [3.8, 4) is 11.1 Å². The molecule has 19 heteroatoms. The number of primary amides is 1. The Morgan fingerprint density at radius 1 is 0.822 bits per heavy atom. The van der Waals surface area contributed by atoms with E-state index in [0.717, 1.165) is 78.2 Å². The van der Waals surface area contributed by atoms with E-state index in [-0.39, 0.29) is 38.0 Å². The predicted molar refractivity (Wildman–Crippen MR) is 276 cm³/mol. The summed E-state index contributed by atoms with van der Waals surface area (Å²) >= 11 is 0. The van der Waals surface area contributed by atoms with Crippen LogP contribution in [0.1, 0.15) is 124 Å². The molecule has 0 spiro atoms. The number of carbonyl (C=O) groups excluding carboxylic acids is 6. The molecule has 1 unspecified atom stereocenters. The fourth-order valence-electron chi connectivity index (χ4n) is 9.35. The van der Waals surface area contributed by atoms with E-state index >= 15 is 0 Å². The molecule has 4 atom stereocenters. The van der Waals surface area contributed by atoms with Gasteiger partial charge in [0, 0.05) is 74.4 Å². The highest BCUT2D eigenvalue weighted by molar-refractivity contribution is 6.05. The van der Waals surface area contributed by atoms with E-state index in [0.29, 0.717) is 49.5 Å². The molecule has 4 heterocycles. The summed E-state index contributed by atoms with van der Waals surface area (Å²) in [6.07, 6.45) is 14.0. The average Bonchev–Trinajstić information content (AvgIpc) is 3.80. The van der Waals surface area contributed by atoms with Gasteiger partial charge in [0.15, 0.2) is 0 Å². The number of anilines is 1. The number of carboxylic acid groups (broad SMARTS) is 1. The molecule has 19 nitrogen and oxygen atoms in total. The van der Waals surface area contributed by atoms with Gasteiger partial charge in [0.1, 0.15) is 24.7 Å². The number of nitrogens with two attached hydrogens (primary N) is 2. The Kier molecular flexibility index (Phi) is 20.2. The Balaban J connectivity index is 0.870. The summed E-state index contributed by atoms with van der Waals surface area (Å²) in [6.45, 7) is 4.76. The Bertz CT molecular complexity index is 2640. The molecule has 2 aromatic carbocycles. The first-order chi connectivity index (χ1) is 35.1. The zero-order valence-corrected chi connectivity index (χ0v) is 41.9. The molecule has 2 aliphatic heterocycles. The summed E-state index contributed by atoms with van der Waals surface area (Å²) in [6, 6.07) is 16.2. The van der Waals surface area contributed by atoms with E-state index in [1.165, 1.54) is 28.8 Å². The van der Waals surface area contributed by atoms with Gasteiger partial charge in [0.25, 0.3) is 11.5 Å². The van der Waals surface area contributed by atoms with E-state index in [4.69, 9.17) is 16.6 Å². The minimum atomic E-state index is -1.17. The van der Waals surface area contributed by atoms with Crippen molar-refractivity contribution < 1.29 is 38.7 Å². The van der Waals surface area contributed by atoms with Crippen molar-refractivity contribution in [3.63, 3.8) is 0 Å². The third-order valence-electron chi connectivity index (χ3n) is 13.5. The summed E-state index contributed by atoms with van der Waals surface area (Å²) < 4.78 is 1.01. The van der Waals surface area contributed by atoms with Crippen molar-refractivity contribution >= 4 is 47.2 Å². The second kappa shape index (κ2) is 26.9. The van der Waals surface area contributed by atoms with Gasteiger partial charge >= 0.3 is 12.0 Å². The number of aryl methyl sites for hydroxylation is 1. The number of nitrogens with one attached hydrogen (secondary N) is 4. The van der Waals surface area contributed by atoms with Crippen molar-refractivity contribution in [2.75, 3.05) is 25.0 Å². The first-order valence-electron chi connectivity index (χ1n) is 25.4. The second-order valence-corrected chi connectivity index (χ2v) is 19.4. The van der Waals surface area contributed by atoms with Crippen molar-refractivity contribution in [1.82, 2.24) is 35.3 Å². The maximum absolute atomic E-state index is 13.8. The second-order valence-electron chi connectivity index (χ2n) is 19.4. The van der Waals surface area contributed by atoms with Crippen molar-refractivity contribution in [2.45, 2.75) is 140 Å². The summed E-state index contributed by atoms with van der Waals surface area (Å²) in [7, 11) is 0. The molecule has 0 saturated carbocycles. The van der Waals surface area contributed by atoms with Crippen LogP contribution >= 0.6 is 0 Å². The number of amides is 7. The lowest BCUT2D eigenvalue weighted by atomic mass is 10.0. The molecular weight excluding hydrogens is 933 g/mol. The largest absolute Gasteiger partial charge is 0.480 e. The molecule has 390 valence electrons. The number of carbonyl (C=O) groups is 7. The van der Waals surface area contributed by atoms with Gasteiger partial charge in [-0.1, -0.05) is 82.3 Å². The first-order valence-corrected chi connectivity index (χ1v) is 25.4. The average molecular weight is 1000 g/mol. The van der Waals surface area contributed by atoms with Crippen LogP contribution in [0.15, 0.2) is 90.1 Å². The number of benzene rings is 2. The van der Waals surface area contributed by atoms with Crippen LogP contribution in [-0.2, 0) is 43.5 Å². The number of hydrogen-bond donors (Lipinski definition) is 7. The first kappa shape index (κ1) is 54.9. The van der Waals surface area contributed by atoms with Gasteiger partial charge in [0.2, 0.25) is 23.6 Å². The number of carboxylic acids is 1. The highest BCUT2D eigenvalue weighted by Crippen LogP contribution is 2.30. The molecule has 2 aliphatic rings. The Morgan fingerprint density at radius 2 is 1.56 bits per heavy atom. The molecule has 2 saturated heterocycles. The van der Waals surface area contributed by atoms with Gasteiger partial charge in [-0.15, -0.1) is 0 Å². The van der Waals surface area contributed by atoms with Gasteiger partial charge in [-0.2, -0.15) is 0 Å². The lowest BCUT2D eigenvalue weighted by Crippen LogP contribution is -2.61. The summed E-state index contributed by atoms with van der Waals surface area (Å²) in [4.78, 5) is 110. The monoisotopic (exact) mass is 1000 g/mol. The molecule has 6 rings (SSSR count). The number of fused-ring (bicyclic) bond motifs is 1. The van der Waals surface area contributed by atoms with Crippen molar-refractivity contribution in [3.05, 3.63) is 118 Å². The molecular formula is C54H70N10O9. The lowest BCUT2D eigenvalue weighted by Gasteiger charge is -2.37. The fourth-order valence-corrected chi connectivity index (χ4v) is 9.35. The number of urea groups is 1. The van der Waals surface area contributed by atoms with Gasteiger partial charge in [-0.05, 0) is 97.4 Å². The third kappa shape index (κ3) is 16.3. The molecule has 0 aliphatic carbocycles. The normalized spacial score (nSPS) is 17.0. The molecule has 2 fully saturated rings. The van der Waals surface area contributed by atoms with Crippen LogP contribution < -0.4 is 38.3 Å². The SMILES string of the molecule is CC(C)c1ccc(CNC(=O)C(CCC(N)=O)NC(=O)[C@@H]2CC[C@@H]3CCN(C(=O)NCCCCCCCCCc4cncc(-c5cccc(C(=O)Nc6ccc(=O)n(CC(=O)O)c6)c5)c4)C[C@H](N)C(=O)N32)cc1. The van der Waals surface area contributed by atoms with E-state index in [9.17, 15) is 38.4 Å². The number of pyridine rings is 2. The minimum Gasteiger partial charge on any atom is -0.480 e. The van der Waals surface area contributed by atoms with Crippen molar-refractivity contribution in [2.24, 2.45) is 11.5 Å². The molecule has 0 bridgehead atoms. The van der Waals surface area contributed by atoms with Crippen molar-refractivity contribution in [1.29, 1.82) is 0 Å². The molecule has 4 aromatic rings. The van der Waals surface area contributed by atoms with Crippen LogP contribution in [0, 0.1) is 0 Å². The molecule has 73 heavy (non-hydrogen) atoms. The maximum atomic E-state index is 13.8. The van der Waals surface area contributed by atoms with E-state index in [1.807, 2.05) is 36.5 Å². The molecule has 9 N–H and O–H groups in total. The number of hydrogen-bond acceptors (Lipinski definition) is 10. The van der Waals surface area contributed by atoms with Gasteiger partial charge < -0.3 is 52.2 Å². The van der Waals surface area contributed by atoms with Crippen LogP contribution in [0.4, 0.5) is 10.5 Å². The predicted octanol–water partition coefficient (Wildman–Crippen LogP) is 4.81. The topological polar surface area (TPSA) is 281 Å². The summed E-state index contributed by atoms with van der Waals surface area (Å²) in [5, 5.41) is 20.4. The van der Waals surface area contributed by atoms with Crippen LogP contribution in [0.3, 0.4) is 0 Å². The van der Waals surface area contributed by atoms with Gasteiger partial charge in [-0.25, -0.2) is 4.79 Å². The number of nitrogens with zero attached hydrogens (tertiary/aromatic N) is 4.